The van der Waals surface area contributed by atoms with Crippen LogP contribution in [-0.2, 0) is 15.7 Å². The molecule has 4 aliphatic rings. The van der Waals surface area contributed by atoms with Gasteiger partial charge in [0.25, 0.3) is 0 Å². The summed E-state index contributed by atoms with van der Waals surface area (Å²) in [6, 6.07) is 3.55. The number of pyridine rings is 1. The van der Waals surface area contributed by atoms with Gasteiger partial charge in [-0.15, -0.1) is 0 Å². The number of ether oxygens (including phenoxy) is 2. The highest BCUT2D eigenvalue weighted by Gasteiger charge is 2.43. The number of morpholine rings is 1. The average Bonchev–Trinajstić information content (AvgIpc) is 3.63. The number of rotatable bonds is 4. The van der Waals surface area contributed by atoms with Crippen molar-refractivity contribution in [1.29, 1.82) is 0 Å². The molecular weight excluding hydrogens is 527 g/mol. The van der Waals surface area contributed by atoms with E-state index < -0.39 is 18.0 Å². The molecule has 10 nitrogen and oxygen atoms in total. The molecule has 0 amide bonds. The summed E-state index contributed by atoms with van der Waals surface area (Å²) in [5.74, 6) is 0.888. The highest BCUT2D eigenvalue weighted by atomic mass is 19.4. The van der Waals surface area contributed by atoms with Gasteiger partial charge < -0.3 is 24.4 Å². The minimum absolute atomic E-state index is 0.0384. The zero-order valence-corrected chi connectivity index (χ0v) is 22.4. The molecule has 13 heteroatoms. The lowest BCUT2D eigenvalue weighted by molar-refractivity contribution is -0.140. The summed E-state index contributed by atoms with van der Waals surface area (Å²) in [5, 5.41) is 18.9. The van der Waals surface area contributed by atoms with E-state index in [1.165, 1.54) is 4.68 Å². The van der Waals surface area contributed by atoms with Crippen LogP contribution in [0, 0.1) is 0 Å². The molecule has 3 aromatic heterocycles. The Morgan fingerprint density at radius 1 is 1.02 bits per heavy atom. The van der Waals surface area contributed by atoms with Gasteiger partial charge in [0, 0.05) is 37.5 Å². The summed E-state index contributed by atoms with van der Waals surface area (Å²) < 4.78 is 58.3. The second-order valence-electron chi connectivity index (χ2n) is 11.5. The molecule has 0 saturated carbocycles. The van der Waals surface area contributed by atoms with Crippen LogP contribution in [0.5, 0.6) is 0 Å². The molecule has 40 heavy (non-hydrogen) atoms. The third-order valence-electron chi connectivity index (χ3n) is 8.80. The number of piperidine rings is 1. The van der Waals surface area contributed by atoms with Gasteiger partial charge in [0.05, 0.1) is 42.5 Å². The Labute approximate surface area is 229 Å². The predicted octanol–water partition coefficient (Wildman–Crippen LogP) is 4.05. The molecule has 0 aliphatic carbocycles. The predicted molar refractivity (Wildman–Crippen MR) is 141 cm³/mol. The zero-order chi connectivity index (χ0) is 27.6. The standard InChI is InChI=1S/C27H34F3N7O3/c1-16-12-19(38)7-9-34(16)20-13-22(36-17-5-6-18(36)15-39-14-17)31-26-24(20)25(27(28,29)30)33-37(26)21-8-10-35(32-21)23-4-2-3-11-40-23/h8,10,13,16-19,23,38H,2-7,9,11-12,14-15H2,1H3/t16-,17?,18?,19?,23?/m1/s1. The summed E-state index contributed by atoms with van der Waals surface area (Å²) in [6.45, 7) is 4.14. The van der Waals surface area contributed by atoms with Crippen LogP contribution in [0.15, 0.2) is 18.3 Å². The van der Waals surface area contributed by atoms with Crippen molar-refractivity contribution in [1.82, 2.24) is 24.5 Å². The molecule has 7 heterocycles. The van der Waals surface area contributed by atoms with Crippen LogP contribution in [0.3, 0.4) is 0 Å². The number of hydrogen-bond donors (Lipinski definition) is 1. The first-order valence-corrected chi connectivity index (χ1v) is 14.3. The zero-order valence-electron chi connectivity index (χ0n) is 22.4. The van der Waals surface area contributed by atoms with E-state index in [9.17, 15) is 18.3 Å². The third kappa shape index (κ3) is 4.42. The van der Waals surface area contributed by atoms with E-state index in [2.05, 4.69) is 15.1 Å². The number of anilines is 2. The average molecular weight is 562 g/mol. The number of alkyl halides is 3. The van der Waals surface area contributed by atoms with Crippen molar-refractivity contribution in [3.63, 3.8) is 0 Å². The third-order valence-corrected chi connectivity index (χ3v) is 8.80. The number of fused-ring (bicyclic) bond motifs is 3. The largest absolute Gasteiger partial charge is 0.435 e. The van der Waals surface area contributed by atoms with Crippen molar-refractivity contribution in [3.05, 3.63) is 24.0 Å². The Balaban J connectivity index is 1.42. The minimum atomic E-state index is -4.70. The van der Waals surface area contributed by atoms with E-state index in [1.807, 2.05) is 11.8 Å². The van der Waals surface area contributed by atoms with Gasteiger partial charge in [0.15, 0.2) is 17.2 Å². The quantitative estimate of drug-likeness (QED) is 0.510. The molecule has 0 radical (unpaired) electrons. The first-order valence-electron chi connectivity index (χ1n) is 14.3. The summed E-state index contributed by atoms with van der Waals surface area (Å²) in [4.78, 5) is 9.07. The molecule has 3 aromatic rings. The van der Waals surface area contributed by atoms with Gasteiger partial charge in [-0.3, -0.25) is 0 Å². The van der Waals surface area contributed by atoms with Crippen LogP contribution in [0.4, 0.5) is 24.7 Å². The van der Waals surface area contributed by atoms with Crippen LogP contribution >= 0.6 is 0 Å². The SMILES string of the molecule is C[C@@H]1CC(O)CCN1c1cc(N2C3CCC2COC3)nc2c1c(C(F)(F)F)nn2-c1ccn(C2CCCCO2)n1. The fraction of sp³-hybridized carbons (Fsp3) is 0.667. The summed E-state index contributed by atoms with van der Waals surface area (Å²) >= 11 is 0. The monoisotopic (exact) mass is 561 g/mol. The Hall–Kier alpha value is -2.90. The highest BCUT2D eigenvalue weighted by Crippen LogP contribution is 2.44. The number of aliphatic hydroxyl groups is 1. The van der Waals surface area contributed by atoms with Crippen LogP contribution in [-0.4, -0.2) is 80.2 Å². The molecule has 216 valence electrons. The van der Waals surface area contributed by atoms with Crippen molar-refractivity contribution in [2.75, 3.05) is 36.2 Å². The van der Waals surface area contributed by atoms with Gasteiger partial charge in [0.2, 0.25) is 0 Å². The van der Waals surface area contributed by atoms with Gasteiger partial charge in [-0.1, -0.05) is 0 Å². The van der Waals surface area contributed by atoms with E-state index in [1.54, 1.807) is 23.0 Å². The molecule has 4 saturated heterocycles. The molecule has 1 N–H and O–H groups in total. The van der Waals surface area contributed by atoms with Crippen LogP contribution in [0.1, 0.15) is 63.8 Å². The Morgan fingerprint density at radius 2 is 1.82 bits per heavy atom. The van der Waals surface area contributed by atoms with E-state index in [0.29, 0.717) is 50.7 Å². The van der Waals surface area contributed by atoms with Gasteiger partial charge in [-0.2, -0.15) is 28.1 Å². The van der Waals surface area contributed by atoms with E-state index in [4.69, 9.17) is 14.5 Å². The molecule has 0 spiro atoms. The van der Waals surface area contributed by atoms with Crippen molar-refractivity contribution in [2.45, 2.75) is 88.5 Å². The van der Waals surface area contributed by atoms with Gasteiger partial charge >= 0.3 is 6.18 Å². The van der Waals surface area contributed by atoms with Crippen molar-refractivity contribution in [3.8, 4) is 5.82 Å². The number of aliphatic hydroxyl groups excluding tert-OH is 1. The molecule has 4 unspecified atom stereocenters. The normalized spacial score (nSPS) is 29.5. The topological polar surface area (TPSA) is 93.7 Å². The van der Waals surface area contributed by atoms with E-state index in [-0.39, 0.29) is 41.2 Å². The maximum Gasteiger partial charge on any atom is 0.435 e. The van der Waals surface area contributed by atoms with E-state index >= 15 is 0 Å². The Morgan fingerprint density at radius 3 is 2.52 bits per heavy atom. The molecule has 4 aliphatic heterocycles. The molecular formula is C27H34F3N7O3. The van der Waals surface area contributed by atoms with Gasteiger partial charge in [-0.05, 0) is 51.9 Å². The first kappa shape index (κ1) is 26.0. The molecule has 7 rings (SSSR count). The lowest BCUT2D eigenvalue weighted by Crippen LogP contribution is -2.47. The second kappa shape index (κ2) is 9.88. The summed E-state index contributed by atoms with van der Waals surface area (Å²) in [7, 11) is 0. The maximum absolute atomic E-state index is 14.6. The van der Waals surface area contributed by atoms with Crippen molar-refractivity contribution >= 4 is 22.5 Å². The number of aromatic nitrogens is 5. The van der Waals surface area contributed by atoms with Crippen LogP contribution < -0.4 is 9.80 Å². The number of nitrogens with zero attached hydrogens (tertiary/aromatic N) is 7. The lowest BCUT2D eigenvalue weighted by atomic mass is 9.99. The first-order chi connectivity index (χ1) is 19.3. The second-order valence-corrected chi connectivity index (χ2v) is 11.5. The van der Waals surface area contributed by atoms with Gasteiger partial charge in [-0.25, -0.2) is 9.67 Å². The molecule has 5 atom stereocenters. The highest BCUT2D eigenvalue weighted by molar-refractivity contribution is 5.95. The Bertz CT molecular complexity index is 1370. The van der Waals surface area contributed by atoms with E-state index in [0.717, 1.165) is 32.1 Å². The fourth-order valence-electron chi connectivity index (χ4n) is 6.84. The van der Waals surface area contributed by atoms with Gasteiger partial charge in [0.1, 0.15) is 12.0 Å². The Kier molecular flexibility index (Phi) is 6.43. The minimum Gasteiger partial charge on any atom is -0.393 e. The smallest absolute Gasteiger partial charge is 0.393 e. The molecule has 4 fully saturated rings. The van der Waals surface area contributed by atoms with Crippen molar-refractivity contribution in [2.24, 2.45) is 0 Å². The molecule has 0 aromatic carbocycles. The lowest BCUT2D eigenvalue weighted by Gasteiger charge is -2.39. The number of hydrogen-bond acceptors (Lipinski definition) is 8. The fourth-order valence-corrected chi connectivity index (χ4v) is 6.84. The van der Waals surface area contributed by atoms with Crippen LogP contribution in [0.25, 0.3) is 16.9 Å². The maximum atomic E-state index is 14.6. The summed E-state index contributed by atoms with van der Waals surface area (Å²) in [6.07, 6.45) is 1.92. The molecule has 2 bridgehead atoms. The van der Waals surface area contributed by atoms with Crippen LogP contribution in [0.2, 0.25) is 0 Å². The summed E-state index contributed by atoms with van der Waals surface area (Å²) in [5.41, 5.74) is -0.416. The number of halogens is 3. The van der Waals surface area contributed by atoms with Crippen molar-refractivity contribution < 1.29 is 27.8 Å².